The summed E-state index contributed by atoms with van der Waals surface area (Å²) >= 11 is 0. The van der Waals surface area contributed by atoms with Crippen molar-refractivity contribution >= 4 is 5.91 Å². The Hall–Kier alpha value is -1.39. The van der Waals surface area contributed by atoms with E-state index in [9.17, 15) is 9.90 Å². The van der Waals surface area contributed by atoms with Crippen molar-refractivity contribution in [1.82, 2.24) is 5.32 Å². The van der Waals surface area contributed by atoms with Crippen LogP contribution in [0.25, 0.3) is 0 Å². The maximum Gasteiger partial charge on any atom is 0.229 e. The van der Waals surface area contributed by atoms with Crippen LogP contribution < -0.4 is 5.32 Å². The second-order valence-electron chi connectivity index (χ2n) is 9.07. The van der Waals surface area contributed by atoms with Crippen LogP contribution in [0.4, 0.5) is 0 Å². The highest BCUT2D eigenvalue weighted by Crippen LogP contribution is 2.71. The molecule has 1 saturated heterocycles. The number of fused-ring (bicyclic) bond motifs is 2. The summed E-state index contributed by atoms with van der Waals surface area (Å²) in [5.41, 5.74) is -0.144. The van der Waals surface area contributed by atoms with Gasteiger partial charge in [-0.1, -0.05) is 30.3 Å². The molecule has 2 N–H and O–H groups in total. The molecule has 1 aliphatic heterocycles. The molecule has 1 aromatic rings. The number of rotatable bonds is 6. The van der Waals surface area contributed by atoms with Crippen molar-refractivity contribution in [3.05, 3.63) is 35.9 Å². The van der Waals surface area contributed by atoms with E-state index in [2.05, 4.69) is 17.4 Å². The van der Waals surface area contributed by atoms with Crippen molar-refractivity contribution in [3.63, 3.8) is 0 Å². The fourth-order valence-corrected chi connectivity index (χ4v) is 6.11. The molecule has 4 aliphatic rings. The lowest BCUT2D eigenvalue weighted by atomic mass is 9.59. The SMILES string of the molecule is O=C(NCc1ccccc1)[C@@]12CCC[C@@](CO)(C1)OC2(C1CC1)C1CC1. The number of ether oxygens (including phenoxy) is 1. The van der Waals surface area contributed by atoms with Gasteiger partial charge in [-0.05, 0) is 68.8 Å². The van der Waals surface area contributed by atoms with Crippen LogP contribution in [-0.4, -0.2) is 28.8 Å². The molecule has 1 amide bonds. The molecule has 140 valence electrons. The number of benzene rings is 1. The molecule has 26 heavy (non-hydrogen) atoms. The van der Waals surface area contributed by atoms with Crippen LogP contribution in [0.15, 0.2) is 30.3 Å². The summed E-state index contributed by atoms with van der Waals surface area (Å²) in [6.07, 6.45) is 8.15. The fraction of sp³-hybridized carbons (Fsp3) is 0.682. The first-order chi connectivity index (χ1) is 12.6. The molecule has 4 heteroatoms. The van der Waals surface area contributed by atoms with Crippen molar-refractivity contribution in [3.8, 4) is 0 Å². The Balaban J connectivity index is 1.48. The second kappa shape index (κ2) is 5.80. The van der Waals surface area contributed by atoms with E-state index >= 15 is 0 Å². The first kappa shape index (κ1) is 16.8. The highest BCUT2D eigenvalue weighted by atomic mass is 16.5. The van der Waals surface area contributed by atoms with Gasteiger partial charge in [0.2, 0.25) is 5.91 Å². The van der Waals surface area contributed by atoms with Gasteiger partial charge < -0.3 is 15.2 Å². The van der Waals surface area contributed by atoms with Crippen LogP contribution in [0.5, 0.6) is 0 Å². The van der Waals surface area contributed by atoms with Crippen molar-refractivity contribution in [2.45, 2.75) is 69.1 Å². The zero-order valence-corrected chi connectivity index (χ0v) is 15.4. The Kier molecular flexibility index (Phi) is 3.74. The minimum Gasteiger partial charge on any atom is -0.393 e. The lowest BCUT2D eigenvalue weighted by Crippen LogP contribution is -2.57. The number of aliphatic hydroxyl groups is 1. The Morgan fingerprint density at radius 3 is 2.42 bits per heavy atom. The van der Waals surface area contributed by atoms with E-state index in [1.54, 1.807) is 0 Å². The van der Waals surface area contributed by atoms with E-state index in [0.29, 0.717) is 24.8 Å². The minimum atomic E-state index is -0.493. The molecule has 0 spiro atoms. The second-order valence-corrected chi connectivity index (χ2v) is 9.07. The van der Waals surface area contributed by atoms with E-state index in [4.69, 9.17) is 4.74 Å². The van der Waals surface area contributed by atoms with Crippen molar-refractivity contribution < 1.29 is 14.6 Å². The Morgan fingerprint density at radius 1 is 1.12 bits per heavy atom. The largest absolute Gasteiger partial charge is 0.393 e. The van der Waals surface area contributed by atoms with Crippen molar-refractivity contribution in [2.24, 2.45) is 17.3 Å². The van der Waals surface area contributed by atoms with Gasteiger partial charge in [-0.25, -0.2) is 0 Å². The van der Waals surface area contributed by atoms with Crippen LogP contribution in [0, 0.1) is 17.3 Å². The third-order valence-corrected chi connectivity index (χ3v) is 7.38. The third-order valence-electron chi connectivity index (χ3n) is 7.38. The lowest BCUT2D eigenvalue weighted by Gasteiger charge is -2.44. The summed E-state index contributed by atoms with van der Waals surface area (Å²) in [7, 11) is 0. The van der Waals surface area contributed by atoms with E-state index in [-0.39, 0.29) is 18.1 Å². The quantitative estimate of drug-likeness (QED) is 0.824. The van der Waals surface area contributed by atoms with Gasteiger partial charge >= 0.3 is 0 Å². The molecule has 3 aliphatic carbocycles. The molecule has 4 nitrogen and oxygen atoms in total. The van der Waals surface area contributed by atoms with Crippen LogP contribution in [-0.2, 0) is 16.1 Å². The minimum absolute atomic E-state index is 0.0436. The van der Waals surface area contributed by atoms with Gasteiger partial charge in [-0.15, -0.1) is 0 Å². The lowest BCUT2D eigenvalue weighted by molar-refractivity contribution is -0.169. The molecule has 5 rings (SSSR count). The average molecular weight is 355 g/mol. The topological polar surface area (TPSA) is 58.6 Å². The van der Waals surface area contributed by atoms with Crippen molar-refractivity contribution in [2.75, 3.05) is 6.61 Å². The Morgan fingerprint density at radius 2 is 1.81 bits per heavy atom. The molecular weight excluding hydrogens is 326 g/mol. The zero-order chi connectivity index (χ0) is 17.8. The molecule has 2 atom stereocenters. The molecule has 1 aromatic carbocycles. The van der Waals surface area contributed by atoms with Gasteiger partial charge in [0.1, 0.15) is 0 Å². The standard InChI is InChI=1S/C22H29NO3/c24-15-20-11-4-12-21(14-20,19(25)23-13-16-5-2-1-3-6-16)22(26-20,17-7-8-17)18-9-10-18/h1-3,5-6,17-18,24H,4,7-15H2,(H,23,25)/t20-,21+/m0/s1. The summed E-state index contributed by atoms with van der Waals surface area (Å²) in [4.78, 5) is 13.6. The number of aliphatic hydroxyl groups excluding tert-OH is 1. The van der Waals surface area contributed by atoms with Crippen LogP contribution in [0.2, 0.25) is 0 Å². The summed E-state index contributed by atoms with van der Waals surface area (Å²) < 4.78 is 6.82. The summed E-state index contributed by atoms with van der Waals surface area (Å²) in [6, 6.07) is 10.1. The molecule has 4 fully saturated rings. The Bertz CT molecular complexity index is 685. The van der Waals surface area contributed by atoms with Gasteiger partial charge in [0.25, 0.3) is 0 Å². The number of amides is 1. The highest BCUT2D eigenvalue weighted by molar-refractivity contribution is 5.85. The molecule has 0 radical (unpaired) electrons. The normalized spacial score (nSPS) is 35.3. The molecule has 2 bridgehead atoms. The van der Waals surface area contributed by atoms with E-state index in [1.165, 1.54) is 25.7 Å². The molecule has 0 unspecified atom stereocenters. The summed E-state index contributed by atoms with van der Waals surface area (Å²) in [6.45, 7) is 0.612. The van der Waals surface area contributed by atoms with Gasteiger partial charge in [-0.3, -0.25) is 4.79 Å². The number of nitrogens with one attached hydrogen (secondary N) is 1. The van der Waals surface area contributed by atoms with Crippen molar-refractivity contribution in [1.29, 1.82) is 0 Å². The number of hydrogen-bond acceptors (Lipinski definition) is 3. The summed E-state index contributed by atoms with van der Waals surface area (Å²) in [5, 5.41) is 13.4. The molecular formula is C22H29NO3. The first-order valence-corrected chi connectivity index (χ1v) is 10.3. The van der Waals surface area contributed by atoms with Crippen LogP contribution in [0.3, 0.4) is 0 Å². The maximum absolute atomic E-state index is 13.6. The van der Waals surface area contributed by atoms with Gasteiger partial charge in [-0.2, -0.15) is 0 Å². The monoisotopic (exact) mass is 355 g/mol. The summed E-state index contributed by atoms with van der Waals surface area (Å²) in [5.74, 6) is 1.17. The average Bonchev–Trinajstić information content (AvgIpc) is 3.57. The van der Waals surface area contributed by atoms with E-state index in [1.807, 2.05) is 18.2 Å². The molecule has 0 aromatic heterocycles. The molecule has 1 heterocycles. The Labute approximate surface area is 155 Å². The zero-order valence-electron chi connectivity index (χ0n) is 15.4. The highest BCUT2D eigenvalue weighted by Gasteiger charge is 2.76. The number of carbonyl (C=O) groups is 1. The predicted octanol–water partition coefficient (Wildman–Crippen LogP) is 3.18. The predicted molar refractivity (Wildman–Crippen MR) is 98.3 cm³/mol. The number of carbonyl (C=O) groups excluding carboxylic acids is 1. The van der Waals surface area contributed by atoms with Gasteiger partial charge in [0.05, 0.1) is 23.2 Å². The fourth-order valence-electron chi connectivity index (χ4n) is 6.11. The maximum atomic E-state index is 13.6. The van der Waals surface area contributed by atoms with Gasteiger partial charge in [0.15, 0.2) is 0 Å². The van der Waals surface area contributed by atoms with E-state index in [0.717, 1.165) is 24.8 Å². The number of hydrogen-bond donors (Lipinski definition) is 2. The van der Waals surface area contributed by atoms with Gasteiger partial charge in [0, 0.05) is 6.54 Å². The molecule has 3 saturated carbocycles. The van der Waals surface area contributed by atoms with E-state index < -0.39 is 11.0 Å². The van der Waals surface area contributed by atoms with Crippen LogP contribution in [0.1, 0.15) is 56.9 Å². The smallest absolute Gasteiger partial charge is 0.229 e. The first-order valence-electron chi connectivity index (χ1n) is 10.3. The van der Waals surface area contributed by atoms with Crippen LogP contribution >= 0.6 is 0 Å². The third kappa shape index (κ3) is 2.31.